The number of fused-ring (bicyclic) bond motifs is 4. The molecule has 0 amide bonds. The molecule has 2 aromatic carbocycles. The monoisotopic (exact) mass is 435 g/mol. The number of aryl methyl sites for hydroxylation is 3. The van der Waals surface area contributed by atoms with Crippen molar-refractivity contribution in [2.75, 3.05) is 6.79 Å². The third kappa shape index (κ3) is 3.15. The molecule has 0 atom stereocenters. The topological polar surface area (TPSA) is 31.4 Å². The van der Waals surface area contributed by atoms with Crippen molar-refractivity contribution < 1.29 is 9.47 Å². The largest absolute Gasteiger partial charge is 0.454 e. The standard InChI is InChI=1S/C25H21NO2S.ClH/c1-15-5-4-6-16(11-15)19-13-20(17-9-10-21-22(12-17)28-14-27-21)26-25-24(19)18-7-2-3-8-23(18)29-25;/h4-6,9-13H,2-3,7-8,14H2,1H3;1H. The van der Waals surface area contributed by atoms with E-state index in [4.69, 9.17) is 14.5 Å². The van der Waals surface area contributed by atoms with E-state index in [0.717, 1.165) is 27.6 Å². The minimum atomic E-state index is 0. The summed E-state index contributed by atoms with van der Waals surface area (Å²) in [6.07, 6.45) is 4.91. The van der Waals surface area contributed by atoms with E-state index in [2.05, 4.69) is 43.3 Å². The smallest absolute Gasteiger partial charge is 0.231 e. The number of thiophene rings is 1. The Morgan fingerprint density at radius 2 is 1.77 bits per heavy atom. The fraction of sp³-hybridized carbons (Fsp3) is 0.240. The highest BCUT2D eigenvalue weighted by Crippen LogP contribution is 2.43. The number of halogens is 1. The van der Waals surface area contributed by atoms with Crippen LogP contribution in [0.4, 0.5) is 0 Å². The zero-order chi connectivity index (χ0) is 19.4. The Morgan fingerprint density at radius 3 is 2.67 bits per heavy atom. The number of rotatable bonds is 2. The Morgan fingerprint density at radius 1 is 0.900 bits per heavy atom. The summed E-state index contributed by atoms with van der Waals surface area (Å²) in [6, 6.07) is 17.2. The van der Waals surface area contributed by atoms with Gasteiger partial charge in [-0.05, 0) is 73.6 Å². The van der Waals surface area contributed by atoms with Gasteiger partial charge in [0.05, 0.1) is 5.69 Å². The van der Waals surface area contributed by atoms with Gasteiger partial charge < -0.3 is 9.47 Å². The minimum absolute atomic E-state index is 0. The zero-order valence-corrected chi connectivity index (χ0v) is 18.4. The highest BCUT2D eigenvalue weighted by atomic mass is 35.5. The summed E-state index contributed by atoms with van der Waals surface area (Å²) in [6.45, 7) is 2.45. The molecule has 2 aromatic heterocycles. The van der Waals surface area contributed by atoms with E-state index in [1.54, 1.807) is 0 Å². The second-order valence-electron chi connectivity index (χ2n) is 7.88. The van der Waals surface area contributed by atoms with Gasteiger partial charge in [-0.1, -0.05) is 29.8 Å². The minimum Gasteiger partial charge on any atom is -0.454 e. The lowest BCUT2D eigenvalue weighted by molar-refractivity contribution is 0.174. The van der Waals surface area contributed by atoms with Crippen molar-refractivity contribution >= 4 is 34.0 Å². The summed E-state index contributed by atoms with van der Waals surface area (Å²) in [5.74, 6) is 1.60. The summed E-state index contributed by atoms with van der Waals surface area (Å²) in [4.78, 5) is 7.79. The fourth-order valence-electron chi connectivity index (χ4n) is 4.50. The van der Waals surface area contributed by atoms with Gasteiger partial charge >= 0.3 is 0 Å². The molecule has 1 aliphatic carbocycles. The normalized spacial score (nSPS) is 14.4. The Kier molecular flexibility index (Phi) is 4.92. The first-order chi connectivity index (χ1) is 14.3. The van der Waals surface area contributed by atoms with Crippen molar-refractivity contribution in [1.82, 2.24) is 4.98 Å². The van der Waals surface area contributed by atoms with Crippen LogP contribution in [0, 0.1) is 6.92 Å². The number of ether oxygens (including phenoxy) is 2. The van der Waals surface area contributed by atoms with Crippen molar-refractivity contribution in [3.05, 3.63) is 64.5 Å². The van der Waals surface area contributed by atoms with Crippen molar-refractivity contribution in [1.29, 1.82) is 0 Å². The van der Waals surface area contributed by atoms with Crippen LogP contribution in [0.2, 0.25) is 0 Å². The van der Waals surface area contributed by atoms with Gasteiger partial charge in [-0.15, -0.1) is 23.7 Å². The Labute approximate surface area is 186 Å². The number of hydrogen-bond donors (Lipinski definition) is 0. The van der Waals surface area contributed by atoms with Gasteiger partial charge in [0.1, 0.15) is 4.83 Å². The SMILES string of the molecule is Cc1cccc(-c2cc(-c3ccc4c(c3)OCO4)nc3sc4c(c23)CCCC4)c1.Cl. The molecule has 0 fully saturated rings. The lowest BCUT2D eigenvalue weighted by Gasteiger charge is -2.14. The van der Waals surface area contributed by atoms with Crippen molar-refractivity contribution in [3.63, 3.8) is 0 Å². The molecule has 3 nitrogen and oxygen atoms in total. The molecule has 0 saturated carbocycles. The van der Waals surface area contributed by atoms with E-state index in [1.165, 1.54) is 58.2 Å². The van der Waals surface area contributed by atoms with Crippen LogP contribution in [-0.2, 0) is 12.8 Å². The van der Waals surface area contributed by atoms with Crippen molar-refractivity contribution in [2.45, 2.75) is 32.6 Å². The molecule has 3 heterocycles. The molecule has 6 rings (SSSR count). The molecule has 0 bridgehead atoms. The summed E-state index contributed by atoms with van der Waals surface area (Å²) >= 11 is 1.88. The molecule has 0 N–H and O–H groups in total. The maximum Gasteiger partial charge on any atom is 0.231 e. The molecule has 4 aromatic rings. The second kappa shape index (κ2) is 7.60. The molecular formula is C25H22ClNO2S. The first-order valence-electron chi connectivity index (χ1n) is 10.2. The van der Waals surface area contributed by atoms with Crippen molar-refractivity contribution in [2.24, 2.45) is 0 Å². The predicted molar refractivity (Wildman–Crippen MR) is 125 cm³/mol. The molecule has 0 saturated heterocycles. The average Bonchev–Trinajstić information content (AvgIpc) is 3.36. The molecule has 0 spiro atoms. The van der Waals surface area contributed by atoms with Crippen LogP contribution >= 0.6 is 23.7 Å². The lowest BCUT2D eigenvalue weighted by Crippen LogP contribution is -1.99. The van der Waals surface area contributed by atoms with Gasteiger partial charge in [0.25, 0.3) is 0 Å². The van der Waals surface area contributed by atoms with Crippen LogP contribution in [0.15, 0.2) is 48.5 Å². The molecule has 0 unspecified atom stereocenters. The second-order valence-corrected chi connectivity index (χ2v) is 8.97. The highest BCUT2D eigenvalue weighted by molar-refractivity contribution is 7.19. The number of nitrogens with zero attached hydrogens (tertiary/aromatic N) is 1. The highest BCUT2D eigenvalue weighted by Gasteiger charge is 2.22. The molecule has 1 aliphatic heterocycles. The first-order valence-corrected chi connectivity index (χ1v) is 11.0. The van der Waals surface area contributed by atoms with E-state index in [1.807, 2.05) is 23.5 Å². The Balaban J connectivity index is 0.00000193. The molecular weight excluding hydrogens is 414 g/mol. The zero-order valence-electron chi connectivity index (χ0n) is 16.7. The molecule has 2 aliphatic rings. The Hall–Kier alpha value is -2.56. The summed E-state index contributed by atoms with van der Waals surface area (Å²) in [5, 5.41) is 1.36. The maximum atomic E-state index is 5.60. The number of benzene rings is 2. The number of hydrogen-bond acceptors (Lipinski definition) is 4. The third-order valence-electron chi connectivity index (χ3n) is 5.92. The van der Waals surface area contributed by atoms with Crippen LogP contribution < -0.4 is 9.47 Å². The number of aromatic nitrogens is 1. The quantitative estimate of drug-likeness (QED) is 0.340. The van der Waals surface area contributed by atoms with Crippen LogP contribution in [0.25, 0.3) is 32.6 Å². The lowest BCUT2D eigenvalue weighted by atomic mass is 9.91. The van der Waals surface area contributed by atoms with Gasteiger partial charge in [0.2, 0.25) is 6.79 Å². The third-order valence-corrected chi connectivity index (χ3v) is 7.11. The molecule has 0 radical (unpaired) electrons. The maximum absolute atomic E-state index is 5.60. The molecule has 5 heteroatoms. The average molecular weight is 436 g/mol. The summed E-state index contributed by atoms with van der Waals surface area (Å²) in [7, 11) is 0. The Bertz CT molecular complexity index is 1260. The van der Waals surface area contributed by atoms with E-state index in [9.17, 15) is 0 Å². The summed E-state index contributed by atoms with van der Waals surface area (Å²) < 4.78 is 11.1. The fourth-order valence-corrected chi connectivity index (χ4v) is 5.79. The van der Waals surface area contributed by atoms with Gasteiger partial charge in [-0.25, -0.2) is 4.98 Å². The number of pyridine rings is 1. The predicted octanol–water partition coefficient (Wildman–Crippen LogP) is 6.97. The van der Waals surface area contributed by atoms with E-state index in [0.29, 0.717) is 0 Å². The summed E-state index contributed by atoms with van der Waals surface area (Å²) in [5.41, 5.74) is 7.43. The van der Waals surface area contributed by atoms with E-state index in [-0.39, 0.29) is 19.2 Å². The van der Waals surface area contributed by atoms with Gasteiger partial charge in [-0.3, -0.25) is 0 Å². The van der Waals surface area contributed by atoms with Gasteiger partial charge in [0, 0.05) is 15.8 Å². The first kappa shape index (κ1) is 19.4. The van der Waals surface area contributed by atoms with Crippen molar-refractivity contribution in [3.8, 4) is 33.9 Å². The van der Waals surface area contributed by atoms with Gasteiger partial charge in [0.15, 0.2) is 11.5 Å². The van der Waals surface area contributed by atoms with Crippen LogP contribution in [0.5, 0.6) is 11.5 Å². The molecule has 152 valence electrons. The van der Waals surface area contributed by atoms with Crippen LogP contribution in [0.3, 0.4) is 0 Å². The van der Waals surface area contributed by atoms with Gasteiger partial charge in [-0.2, -0.15) is 0 Å². The molecule has 30 heavy (non-hydrogen) atoms. The van der Waals surface area contributed by atoms with Crippen LogP contribution in [0.1, 0.15) is 28.8 Å². The van der Waals surface area contributed by atoms with E-state index >= 15 is 0 Å². The van der Waals surface area contributed by atoms with Crippen LogP contribution in [-0.4, -0.2) is 11.8 Å². The van der Waals surface area contributed by atoms with E-state index < -0.39 is 0 Å².